The standard InChI is InChI=1S/C25H27N5O2S/c1-13(2)30-24-21(12-26-30)20(11-23(29-24)19-10-15(4)33-16(19)5)25(32)28-18-7-8-22(14(3)9-18)27-17(6)31/h7-13H,1-6H3,(H,27,31)(H,28,32). The molecule has 33 heavy (non-hydrogen) atoms. The summed E-state index contributed by atoms with van der Waals surface area (Å²) in [6.07, 6.45) is 1.71. The van der Waals surface area contributed by atoms with Gasteiger partial charge in [-0.2, -0.15) is 5.10 Å². The van der Waals surface area contributed by atoms with Gasteiger partial charge in [0.1, 0.15) is 0 Å². The van der Waals surface area contributed by atoms with Crippen LogP contribution in [0.15, 0.2) is 36.5 Å². The van der Waals surface area contributed by atoms with E-state index in [4.69, 9.17) is 4.98 Å². The molecule has 0 spiro atoms. The Morgan fingerprint density at radius 1 is 1.06 bits per heavy atom. The minimum Gasteiger partial charge on any atom is -0.326 e. The second kappa shape index (κ2) is 8.78. The highest BCUT2D eigenvalue weighted by Gasteiger charge is 2.20. The third-order valence-corrected chi connectivity index (χ3v) is 6.38. The van der Waals surface area contributed by atoms with Crippen LogP contribution in [0.1, 0.15) is 52.5 Å². The molecule has 3 heterocycles. The Morgan fingerprint density at radius 2 is 1.82 bits per heavy atom. The van der Waals surface area contributed by atoms with Crippen LogP contribution in [0.5, 0.6) is 0 Å². The summed E-state index contributed by atoms with van der Waals surface area (Å²) >= 11 is 1.71. The van der Waals surface area contributed by atoms with E-state index in [1.807, 2.05) is 37.6 Å². The number of benzene rings is 1. The van der Waals surface area contributed by atoms with Gasteiger partial charge in [0, 0.05) is 39.7 Å². The Kier molecular flexibility index (Phi) is 6.03. The van der Waals surface area contributed by atoms with Gasteiger partial charge in [-0.05, 0) is 70.5 Å². The number of fused-ring (bicyclic) bond motifs is 1. The first-order valence-electron chi connectivity index (χ1n) is 10.8. The molecule has 0 unspecified atom stereocenters. The molecule has 0 aliphatic rings. The zero-order valence-corrected chi connectivity index (χ0v) is 20.4. The normalized spacial score (nSPS) is 11.2. The zero-order valence-electron chi connectivity index (χ0n) is 19.6. The van der Waals surface area contributed by atoms with Crippen molar-refractivity contribution >= 4 is 45.6 Å². The van der Waals surface area contributed by atoms with Crippen molar-refractivity contribution < 1.29 is 9.59 Å². The van der Waals surface area contributed by atoms with Gasteiger partial charge in [0.25, 0.3) is 5.91 Å². The SMILES string of the molecule is CC(=O)Nc1ccc(NC(=O)c2cc(-c3cc(C)sc3C)nc3c2cnn3C(C)C)cc1C. The Balaban J connectivity index is 1.77. The van der Waals surface area contributed by atoms with E-state index in [2.05, 4.69) is 35.6 Å². The molecule has 0 bridgehead atoms. The number of carbonyl (C=O) groups excluding carboxylic acids is 2. The van der Waals surface area contributed by atoms with Gasteiger partial charge in [-0.15, -0.1) is 11.3 Å². The first-order valence-corrected chi connectivity index (χ1v) is 11.6. The van der Waals surface area contributed by atoms with E-state index in [0.29, 0.717) is 22.3 Å². The number of rotatable bonds is 5. The highest BCUT2D eigenvalue weighted by molar-refractivity contribution is 7.12. The maximum atomic E-state index is 13.4. The van der Waals surface area contributed by atoms with Crippen molar-refractivity contribution in [3.63, 3.8) is 0 Å². The number of nitrogens with one attached hydrogen (secondary N) is 2. The van der Waals surface area contributed by atoms with E-state index in [1.165, 1.54) is 11.8 Å². The van der Waals surface area contributed by atoms with Crippen molar-refractivity contribution in [1.29, 1.82) is 0 Å². The average Bonchev–Trinajstić information content (AvgIpc) is 3.31. The van der Waals surface area contributed by atoms with E-state index in [9.17, 15) is 9.59 Å². The van der Waals surface area contributed by atoms with Crippen LogP contribution < -0.4 is 10.6 Å². The van der Waals surface area contributed by atoms with Gasteiger partial charge in [-0.25, -0.2) is 9.67 Å². The van der Waals surface area contributed by atoms with Crippen LogP contribution in [0, 0.1) is 20.8 Å². The summed E-state index contributed by atoms with van der Waals surface area (Å²) in [5.41, 5.74) is 5.23. The monoisotopic (exact) mass is 461 g/mol. The molecular weight excluding hydrogens is 434 g/mol. The predicted molar refractivity (Wildman–Crippen MR) is 134 cm³/mol. The second-order valence-corrected chi connectivity index (χ2v) is 9.93. The van der Waals surface area contributed by atoms with E-state index >= 15 is 0 Å². The lowest BCUT2D eigenvalue weighted by Gasteiger charge is -2.12. The molecule has 170 valence electrons. The van der Waals surface area contributed by atoms with Crippen LogP contribution in [0.4, 0.5) is 11.4 Å². The molecule has 4 aromatic rings. The van der Waals surface area contributed by atoms with E-state index in [1.54, 1.807) is 29.7 Å². The van der Waals surface area contributed by atoms with Gasteiger partial charge in [0.15, 0.2) is 5.65 Å². The Hall–Kier alpha value is -3.52. The maximum absolute atomic E-state index is 13.4. The van der Waals surface area contributed by atoms with Crippen LogP contribution in [0.2, 0.25) is 0 Å². The molecule has 0 saturated carbocycles. The minimum atomic E-state index is -0.233. The number of thiophene rings is 1. The van der Waals surface area contributed by atoms with Crippen LogP contribution in [-0.2, 0) is 4.79 Å². The van der Waals surface area contributed by atoms with Gasteiger partial charge < -0.3 is 10.6 Å². The molecule has 0 aliphatic carbocycles. The molecule has 7 nitrogen and oxygen atoms in total. The summed E-state index contributed by atoms with van der Waals surface area (Å²) in [4.78, 5) is 32.0. The number of amides is 2. The van der Waals surface area contributed by atoms with Gasteiger partial charge in [0.05, 0.1) is 22.8 Å². The van der Waals surface area contributed by atoms with Crippen molar-refractivity contribution in [3.05, 3.63) is 57.4 Å². The number of nitrogens with zero attached hydrogens (tertiary/aromatic N) is 3. The fourth-order valence-corrected chi connectivity index (χ4v) is 4.81. The molecule has 1 aromatic carbocycles. The minimum absolute atomic E-state index is 0.107. The number of hydrogen-bond acceptors (Lipinski definition) is 5. The molecule has 0 saturated heterocycles. The lowest BCUT2D eigenvalue weighted by Crippen LogP contribution is -2.14. The van der Waals surface area contributed by atoms with Gasteiger partial charge in [-0.3, -0.25) is 9.59 Å². The molecule has 4 rings (SSSR count). The molecular formula is C25H27N5O2S. The third kappa shape index (κ3) is 4.52. The summed E-state index contributed by atoms with van der Waals surface area (Å²) in [5.74, 6) is -0.369. The first kappa shape index (κ1) is 22.7. The molecule has 2 amide bonds. The summed E-state index contributed by atoms with van der Waals surface area (Å²) in [5, 5.41) is 11.0. The lowest BCUT2D eigenvalue weighted by atomic mass is 10.1. The fourth-order valence-electron chi connectivity index (χ4n) is 3.88. The molecule has 2 N–H and O–H groups in total. The van der Waals surface area contributed by atoms with Crippen LogP contribution in [0.25, 0.3) is 22.3 Å². The molecule has 8 heteroatoms. The summed E-state index contributed by atoms with van der Waals surface area (Å²) in [6, 6.07) is 9.46. The van der Waals surface area contributed by atoms with Crippen molar-refractivity contribution in [1.82, 2.24) is 14.8 Å². The van der Waals surface area contributed by atoms with Crippen LogP contribution >= 0.6 is 11.3 Å². The van der Waals surface area contributed by atoms with Gasteiger partial charge >= 0.3 is 0 Å². The molecule has 0 radical (unpaired) electrons. The fraction of sp³-hybridized carbons (Fsp3) is 0.280. The zero-order chi connectivity index (χ0) is 23.9. The average molecular weight is 462 g/mol. The first-order chi connectivity index (χ1) is 15.6. The Labute approximate surface area is 196 Å². The lowest BCUT2D eigenvalue weighted by molar-refractivity contribution is -0.114. The van der Waals surface area contributed by atoms with E-state index in [-0.39, 0.29) is 17.9 Å². The molecule has 3 aromatic heterocycles. The van der Waals surface area contributed by atoms with E-state index < -0.39 is 0 Å². The van der Waals surface area contributed by atoms with Crippen LogP contribution in [-0.4, -0.2) is 26.6 Å². The van der Waals surface area contributed by atoms with Crippen molar-refractivity contribution in [2.75, 3.05) is 10.6 Å². The predicted octanol–water partition coefficient (Wildman–Crippen LogP) is 5.88. The number of pyridine rings is 1. The molecule has 0 atom stereocenters. The van der Waals surface area contributed by atoms with Crippen molar-refractivity contribution in [3.8, 4) is 11.3 Å². The Morgan fingerprint density at radius 3 is 2.42 bits per heavy atom. The Bertz CT molecular complexity index is 1380. The topological polar surface area (TPSA) is 88.9 Å². The quantitative estimate of drug-likeness (QED) is 0.389. The molecule has 0 fully saturated rings. The van der Waals surface area contributed by atoms with E-state index in [0.717, 1.165) is 27.4 Å². The number of aryl methyl sites for hydroxylation is 3. The highest BCUT2D eigenvalue weighted by atomic mass is 32.1. The third-order valence-electron chi connectivity index (χ3n) is 5.41. The highest BCUT2D eigenvalue weighted by Crippen LogP contribution is 2.33. The largest absolute Gasteiger partial charge is 0.326 e. The van der Waals surface area contributed by atoms with Crippen molar-refractivity contribution in [2.45, 2.75) is 47.6 Å². The van der Waals surface area contributed by atoms with Gasteiger partial charge in [-0.1, -0.05) is 0 Å². The number of hydrogen-bond donors (Lipinski definition) is 2. The smallest absolute Gasteiger partial charge is 0.256 e. The number of anilines is 2. The van der Waals surface area contributed by atoms with Crippen LogP contribution in [0.3, 0.4) is 0 Å². The second-order valence-electron chi connectivity index (χ2n) is 8.47. The summed E-state index contributed by atoms with van der Waals surface area (Å²) in [7, 11) is 0. The number of aromatic nitrogens is 3. The maximum Gasteiger partial charge on any atom is 0.256 e. The summed E-state index contributed by atoms with van der Waals surface area (Å²) in [6.45, 7) is 11.6. The molecule has 0 aliphatic heterocycles. The summed E-state index contributed by atoms with van der Waals surface area (Å²) < 4.78 is 1.84. The number of carbonyl (C=O) groups is 2. The van der Waals surface area contributed by atoms with Gasteiger partial charge in [0.2, 0.25) is 5.91 Å². The van der Waals surface area contributed by atoms with Crippen molar-refractivity contribution in [2.24, 2.45) is 0 Å².